The molecule has 0 bridgehead atoms. The molecule has 0 aliphatic rings. The Hall–Kier alpha value is -2.38. The van der Waals surface area contributed by atoms with Crippen molar-refractivity contribution in [3.8, 4) is 0 Å². The van der Waals surface area contributed by atoms with Crippen molar-refractivity contribution < 1.29 is 4.79 Å². The molecule has 2 aromatic heterocycles. The van der Waals surface area contributed by atoms with E-state index in [0.29, 0.717) is 5.69 Å². The van der Waals surface area contributed by atoms with Gasteiger partial charge in [-0.2, -0.15) is 5.10 Å². The van der Waals surface area contributed by atoms with Crippen LogP contribution in [0.25, 0.3) is 0 Å². The molecule has 2 heterocycles. The number of carbonyl (C=O) groups excluding carboxylic acids is 1. The normalized spacial score (nSPS) is 10.8. The van der Waals surface area contributed by atoms with Gasteiger partial charge in [0.05, 0.1) is 11.9 Å². The van der Waals surface area contributed by atoms with E-state index in [0.717, 1.165) is 0 Å². The van der Waals surface area contributed by atoms with Crippen molar-refractivity contribution in [3.63, 3.8) is 0 Å². The number of anilines is 2. The van der Waals surface area contributed by atoms with Crippen LogP contribution in [-0.4, -0.2) is 30.5 Å². The molecule has 18 heavy (non-hydrogen) atoms. The van der Waals surface area contributed by atoms with Gasteiger partial charge in [0, 0.05) is 12.2 Å². The number of hydrogen-bond donors (Lipinski definition) is 2. The van der Waals surface area contributed by atoms with Gasteiger partial charge in [0.2, 0.25) is 11.9 Å². The molecule has 2 aromatic rings. The molecule has 0 spiro atoms. The summed E-state index contributed by atoms with van der Waals surface area (Å²) < 4.78 is 3.14. The Labute approximate surface area is 104 Å². The Kier molecular flexibility index (Phi) is 3.26. The van der Waals surface area contributed by atoms with Gasteiger partial charge >= 0.3 is 0 Å². The highest BCUT2D eigenvalue weighted by atomic mass is 16.2. The third-order valence-corrected chi connectivity index (χ3v) is 2.27. The molecule has 0 atom stereocenters. The third-order valence-electron chi connectivity index (χ3n) is 2.27. The van der Waals surface area contributed by atoms with E-state index in [1.54, 1.807) is 17.1 Å². The molecule has 96 valence electrons. The van der Waals surface area contributed by atoms with Crippen molar-refractivity contribution in [2.45, 2.75) is 26.4 Å². The molecule has 0 aromatic carbocycles. The van der Waals surface area contributed by atoms with E-state index < -0.39 is 0 Å². The van der Waals surface area contributed by atoms with Crippen LogP contribution in [0.5, 0.6) is 0 Å². The quantitative estimate of drug-likeness (QED) is 0.809. The van der Waals surface area contributed by atoms with Gasteiger partial charge in [0.25, 0.3) is 0 Å². The van der Waals surface area contributed by atoms with Crippen molar-refractivity contribution in [2.75, 3.05) is 11.1 Å². The molecular formula is C10H15N7O. The second-order valence-electron chi connectivity index (χ2n) is 4.15. The lowest BCUT2D eigenvalue weighted by Gasteiger charge is -2.04. The molecule has 0 aliphatic heterocycles. The van der Waals surface area contributed by atoms with Crippen molar-refractivity contribution in [2.24, 2.45) is 0 Å². The summed E-state index contributed by atoms with van der Waals surface area (Å²) in [7, 11) is 0. The van der Waals surface area contributed by atoms with Gasteiger partial charge in [-0.3, -0.25) is 9.48 Å². The van der Waals surface area contributed by atoms with Gasteiger partial charge in [-0.1, -0.05) is 0 Å². The number of nitrogens with zero attached hydrogens (tertiary/aromatic N) is 5. The standard InChI is InChI=1S/C10H15N7O/c1-7(2)17-4-8(3-13-17)14-9(18)5-16-6-12-10(11)15-16/h3-4,6-7H,5H2,1-2H3,(H2,11,15)(H,14,18). The molecule has 0 saturated carbocycles. The van der Waals surface area contributed by atoms with E-state index in [1.807, 2.05) is 13.8 Å². The smallest absolute Gasteiger partial charge is 0.246 e. The topological polar surface area (TPSA) is 104 Å². The zero-order valence-electron chi connectivity index (χ0n) is 10.2. The number of hydrogen-bond acceptors (Lipinski definition) is 5. The predicted molar refractivity (Wildman–Crippen MR) is 65.7 cm³/mol. The summed E-state index contributed by atoms with van der Waals surface area (Å²) in [6.07, 6.45) is 4.79. The van der Waals surface area contributed by atoms with Gasteiger partial charge in [-0.25, -0.2) is 9.67 Å². The summed E-state index contributed by atoms with van der Waals surface area (Å²) in [5, 5.41) is 10.7. The number of nitrogens with two attached hydrogens (primary N) is 1. The van der Waals surface area contributed by atoms with Crippen LogP contribution in [-0.2, 0) is 11.3 Å². The second kappa shape index (κ2) is 4.86. The van der Waals surface area contributed by atoms with E-state index in [4.69, 9.17) is 5.73 Å². The number of aromatic nitrogens is 5. The average Bonchev–Trinajstić information content (AvgIpc) is 2.88. The summed E-state index contributed by atoms with van der Waals surface area (Å²) in [5.74, 6) is -0.0568. The molecule has 2 rings (SSSR count). The molecule has 0 radical (unpaired) electrons. The number of amides is 1. The molecule has 0 aliphatic carbocycles. The maximum Gasteiger partial charge on any atom is 0.246 e. The largest absolute Gasteiger partial charge is 0.367 e. The summed E-state index contributed by atoms with van der Waals surface area (Å²) in [6.45, 7) is 4.09. The van der Waals surface area contributed by atoms with Crippen molar-refractivity contribution in [1.82, 2.24) is 24.5 Å². The Morgan fingerprint density at radius 1 is 1.56 bits per heavy atom. The number of nitrogens with one attached hydrogen (secondary N) is 1. The molecule has 8 heteroatoms. The maximum absolute atomic E-state index is 11.7. The monoisotopic (exact) mass is 249 g/mol. The first-order valence-corrected chi connectivity index (χ1v) is 5.53. The third kappa shape index (κ3) is 2.84. The minimum absolute atomic E-state index is 0.0665. The highest BCUT2D eigenvalue weighted by Crippen LogP contribution is 2.09. The summed E-state index contributed by atoms with van der Waals surface area (Å²) in [6, 6.07) is 0.255. The van der Waals surface area contributed by atoms with Crippen LogP contribution in [0.3, 0.4) is 0 Å². The van der Waals surface area contributed by atoms with Crippen molar-refractivity contribution in [3.05, 3.63) is 18.7 Å². The van der Waals surface area contributed by atoms with E-state index >= 15 is 0 Å². The lowest BCUT2D eigenvalue weighted by molar-refractivity contribution is -0.116. The van der Waals surface area contributed by atoms with Gasteiger partial charge in [-0.05, 0) is 13.8 Å². The minimum atomic E-state index is -0.205. The molecule has 0 saturated heterocycles. The van der Waals surface area contributed by atoms with Gasteiger partial charge in [0.15, 0.2) is 0 Å². The van der Waals surface area contributed by atoms with Crippen LogP contribution in [0.4, 0.5) is 11.6 Å². The number of carbonyl (C=O) groups is 1. The fourth-order valence-electron chi connectivity index (χ4n) is 1.42. The summed E-state index contributed by atoms with van der Waals surface area (Å²) in [5.41, 5.74) is 6.01. The van der Waals surface area contributed by atoms with E-state index in [1.165, 1.54) is 11.0 Å². The van der Waals surface area contributed by atoms with Crippen molar-refractivity contribution in [1.29, 1.82) is 0 Å². The number of nitrogen functional groups attached to an aromatic ring is 1. The fourth-order valence-corrected chi connectivity index (χ4v) is 1.42. The Morgan fingerprint density at radius 3 is 2.89 bits per heavy atom. The lowest BCUT2D eigenvalue weighted by atomic mass is 10.4. The Bertz CT molecular complexity index is 542. The summed E-state index contributed by atoms with van der Waals surface area (Å²) in [4.78, 5) is 15.4. The van der Waals surface area contributed by atoms with Gasteiger partial charge in [0.1, 0.15) is 12.9 Å². The van der Waals surface area contributed by atoms with E-state index in [2.05, 4.69) is 20.5 Å². The van der Waals surface area contributed by atoms with Crippen LogP contribution in [0.15, 0.2) is 18.7 Å². The Balaban J connectivity index is 1.94. The average molecular weight is 249 g/mol. The van der Waals surface area contributed by atoms with Crippen LogP contribution < -0.4 is 11.1 Å². The van der Waals surface area contributed by atoms with Crippen LogP contribution in [0, 0.1) is 0 Å². The molecule has 0 fully saturated rings. The number of rotatable bonds is 4. The molecule has 1 amide bonds. The Morgan fingerprint density at radius 2 is 2.33 bits per heavy atom. The molecular weight excluding hydrogens is 234 g/mol. The zero-order chi connectivity index (χ0) is 13.1. The highest BCUT2D eigenvalue weighted by molar-refractivity contribution is 5.90. The van der Waals surface area contributed by atoms with Crippen molar-refractivity contribution >= 4 is 17.5 Å². The molecule has 8 nitrogen and oxygen atoms in total. The minimum Gasteiger partial charge on any atom is -0.367 e. The fraction of sp³-hybridized carbons (Fsp3) is 0.400. The SMILES string of the molecule is CC(C)n1cc(NC(=O)Cn2cnc(N)n2)cn1. The molecule has 3 N–H and O–H groups in total. The predicted octanol–water partition coefficient (Wildman–Crippen LogP) is 0.276. The first kappa shape index (κ1) is 12.1. The zero-order valence-corrected chi connectivity index (χ0v) is 10.2. The van der Waals surface area contributed by atoms with Gasteiger partial charge in [-0.15, -0.1) is 5.10 Å². The van der Waals surface area contributed by atoms with E-state index in [-0.39, 0.29) is 24.4 Å². The van der Waals surface area contributed by atoms with E-state index in [9.17, 15) is 4.79 Å². The summed E-state index contributed by atoms with van der Waals surface area (Å²) >= 11 is 0. The first-order valence-electron chi connectivity index (χ1n) is 5.53. The highest BCUT2D eigenvalue weighted by Gasteiger charge is 2.07. The maximum atomic E-state index is 11.7. The first-order chi connectivity index (χ1) is 8.54. The van der Waals surface area contributed by atoms with Crippen LogP contribution >= 0.6 is 0 Å². The van der Waals surface area contributed by atoms with Crippen LogP contribution in [0.2, 0.25) is 0 Å². The molecule has 0 unspecified atom stereocenters. The van der Waals surface area contributed by atoms with Gasteiger partial charge < -0.3 is 11.1 Å². The van der Waals surface area contributed by atoms with Crippen LogP contribution in [0.1, 0.15) is 19.9 Å². The lowest BCUT2D eigenvalue weighted by Crippen LogP contribution is -2.18. The second-order valence-corrected chi connectivity index (χ2v) is 4.15.